The summed E-state index contributed by atoms with van der Waals surface area (Å²) < 4.78 is 13.0. The molecule has 0 radical (unpaired) electrons. The summed E-state index contributed by atoms with van der Waals surface area (Å²) in [5, 5.41) is 12.8. The van der Waals surface area contributed by atoms with Crippen LogP contribution < -0.4 is 5.32 Å². The SMILES string of the molecule is CCC(CC)(CNC(=O)c1sc(-c2ccc(F)cc2)nc1C)C(=O)O. The van der Waals surface area contributed by atoms with Gasteiger partial charge in [0.05, 0.1) is 11.1 Å². The third-order valence-electron chi connectivity index (χ3n) is 4.49. The number of halogens is 1. The molecule has 0 spiro atoms. The molecule has 0 saturated carbocycles. The maximum Gasteiger partial charge on any atom is 0.311 e. The topological polar surface area (TPSA) is 79.3 Å². The zero-order chi connectivity index (χ0) is 18.6. The molecule has 2 rings (SSSR count). The smallest absolute Gasteiger partial charge is 0.311 e. The quantitative estimate of drug-likeness (QED) is 0.781. The van der Waals surface area contributed by atoms with Crippen LogP contribution >= 0.6 is 11.3 Å². The second-order valence-corrected chi connectivity index (χ2v) is 6.91. The van der Waals surface area contributed by atoms with E-state index in [2.05, 4.69) is 10.3 Å². The Hall–Kier alpha value is -2.28. The van der Waals surface area contributed by atoms with E-state index in [9.17, 15) is 19.1 Å². The minimum Gasteiger partial charge on any atom is -0.481 e. The number of carboxylic acid groups (broad SMARTS) is 1. The summed E-state index contributed by atoms with van der Waals surface area (Å²) in [6.07, 6.45) is 0.864. The van der Waals surface area contributed by atoms with E-state index < -0.39 is 11.4 Å². The molecule has 0 bridgehead atoms. The van der Waals surface area contributed by atoms with E-state index in [1.165, 1.54) is 23.5 Å². The van der Waals surface area contributed by atoms with Crippen LogP contribution in [-0.2, 0) is 4.79 Å². The predicted molar refractivity (Wildman–Crippen MR) is 95.2 cm³/mol. The van der Waals surface area contributed by atoms with Crippen LogP contribution in [0.4, 0.5) is 4.39 Å². The van der Waals surface area contributed by atoms with Crippen molar-refractivity contribution in [2.24, 2.45) is 5.41 Å². The summed E-state index contributed by atoms with van der Waals surface area (Å²) in [6, 6.07) is 5.91. The first-order chi connectivity index (χ1) is 11.8. The molecule has 7 heteroatoms. The maximum absolute atomic E-state index is 13.0. The number of aliphatic carboxylic acids is 1. The Morgan fingerprint density at radius 1 is 1.24 bits per heavy atom. The molecule has 0 aliphatic rings. The number of hydrogen-bond donors (Lipinski definition) is 2. The first-order valence-corrected chi connectivity index (χ1v) is 8.89. The van der Waals surface area contributed by atoms with Crippen molar-refractivity contribution in [1.29, 1.82) is 0 Å². The van der Waals surface area contributed by atoms with E-state index in [-0.39, 0.29) is 18.3 Å². The number of aryl methyl sites for hydroxylation is 1. The summed E-state index contributed by atoms with van der Waals surface area (Å²) >= 11 is 1.21. The van der Waals surface area contributed by atoms with Crippen molar-refractivity contribution in [3.8, 4) is 10.6 Å². The van der Waals surface area contributed by atoms with Crippen molar-refractivity contribution >= 4 is 23.2 Å². The van der Waals surface area contributed by atoms with Crippen molar-refractivity contribution in [3.63, 3.8) is 0 Å². The monoisotopic (exact) mass is 364 g/mol. The van der Waals surface area contributed by atoms with E-state index in [0.29, 0.717) is 28.4 Å². The molecule has 0 unspecified atom stereocenters. The van der Waals surface area contributed by atoms with E-state index in [0.717, 1.165) is 5.56 Å². The van der Waals surface area contributed by atoms with Crippen molar-refractivity contribution in [1.82, 2.24) is 10.3 Å². The van der Waals surface area contributed by atoms with Crippen LogP contribution in [0.2, 0.25) is 0 Å². The molecule has 5 nitrogen and oxygen atoms in total. The lowest BCUT2D eigenvalue weighted by molar-refractivity contribution is -0.149. The molecule has 0 fully saturated rings. The molecular formula is C18H21FN2O3S. The number of thiazole rings is 1. The average Bonchev–Trinajstić information content (AvgIpc) is 2.98. The number of nitrogens with zero attached hydrogens (tertiary/aromatic N) is 1. The highest BCUT2D eigenvalue weighted by atomic mass is 32.1. The third kappa shape index (κ3) is 4.04. The molecule has 25 heavy (non-hydrogen) atoms. The fourth-order valence-electron chi connectivity index (χ4n) is 2.53. The van der Waals surface area contributed by atoms with E-state index in [4.69, 9.17) is 0 Å². The van der Waals surface area contributed by atoms with E-state index in [1.54, 1.807) is 32.9 Å². The first-order valence-electron chi connectivity index (χ1n) is 8.08. The van der Waals surface area contributed by atoms with Gasteiger partial charge in [0.25, 0.3) is 5.91 Å². The van der Waals surface area contributed by atoms with Crippen LogP contribution in [0.3, 0.4) is 0 Å². The highest BCUT2D eigenvalue weighted by Gasteiger charge is 2.35. The highest BCUT2D eigenvalue weighted by Crippen LogP contribution is 2.29. The molecule has 1 heterocycles. The first kappa shape index (κ1) is 19.1. The number of amides is 1. The molecule has 2 aromatic rings. The Balaban J connectivity index is 2.17. The van der Waals surface area contributed by atoms with Gasteiger partial charge in [-0.3, -0.25) is 9.59 Å². The summed E-state index contributed by atoms with van der Waals surface area (Å²) in [7, 11) is 0. The molecule has 1 aromatic carbocycles. The molecule has 0 aliphatic carbocycles. The number of hydrogen-bond acceptors (Lipinski definition) is 4. The lowest BCUT2D eigenvalue weighted by Crippen LogP contribution is -2.42. The van der Waals surface area contributed by atoms with Gasteiger partial charge in [0.15, 0.2) is 0 Å². The van der Waals surface area contributed by atoms with Crippen molar-refractivity contribution < 1.29 is 19.1 Å². The van der Waals surface area contributed by atoms with Gasteiger partial charge < -0.3 is 10.4 Å². The molecule has 1 amide bonds. The zero-order valence-electron chi connectivity index (χ0n) is 14.4. The largest absolute Gasteiger partial charge is 0.481 e. The summed E-state index contributed by atoms with van der Waals surface area (Å²) in [4.78, 5) is 28.8. The number of carbonyl (C=O) groups is 2. The number of carboxylic acids is 1. The minimum absolute atomic E-state index is 0.0669. The van der Waals surface area contributed by atoms with Gasteiger partial charge in [-0.25, -0.2) is 9.37 Å². The summed E-state index contributed by atoms with van der Waals surface area (Å²) in [5.41, 5.74) is 0.333. The fourth-order valence-corrected chi connectivity index (χ4v) is 3.52. The third-order valence-corrected chi connectivity index (χ3v) is 5.69. The van der Waals surface area contributed by atoms with Crippen molar-refractivity contribution in [2.45, 2.75) is 33.6 Å². The van der Waals surface area contributed by atoms with Gasteiger partial charge in [-0.15, -0.1) is 11.3 Å². The van der Waals surface area contributed by atoms with Crippen molar-refractivity contribution in [2.75, 3.05) is 6.54 Å². The van der Waals surface area contributed by atoms with Crippen LogP contribution in [0.5, 0.6) is 0 Å². The molecule has 0 atom stereocenters. The lowest BCUT2D eigenvalue weighted by atomic mass is 9.82. The van der Waals surface area contributed by atoms with Crippen LogP contribution in [0, 0.1) is 18.2 Å². The van der Waals surface area contributed by atoms with Crippen molar-refractivity contribution in [3.05, 3.63) is 40.7 Å². The summed E-state index contributed by atoms with van der Waals surface area (Å²) in [5.74, 6) is -1.58. The van der Waals surface area contributed by atoms with Gasteiger partial charge in [0.2, 0.25) is 0 Å². The average molecular weight is 364 g/mol. The molecule has 134 valence electrons. The number of aromatic nitrogens is 1. The molecular weight excluding hydrogens is 343 g/mol. The minimum atomic E-state index is -0.964. The van der Waals surface area contributed by atoms with Gasteiger partial charge in [0, 0.05) is 12.1 Å². The zero-order valence-corrected chi connectivity index (χ0v) is 15.2. The Bertz CT molecular complexity index is 767. The number of rotatable bonds is 7. The van der Waals surface area contributed by atoms with Crippen LogP contribution in [0.15, 0.2) is 24.3 Å². The predicted octanol–water partition coefficient (Wildman–Crippen LogP) is 3.88. The summed E-state index contributed by atoms with van der Waals surface area (Å²) in [6.45, 7) is 5.39. The molecule has 0 aliphatic heterocycles. The molecule has 2 N–H and O–H groups in total. The van der Waals surface area contributed by atoms with Crippen LogP contribution in [0.25, 0.3) is 10.6 Å². The Morgan fingerprint density at radius 3 is 2.36 bits per heavy atom. The number of carbonyl (C=O) groups excluding carboxylic acids is 1. The van der Waals surface area contributed by atoms with Gasteiger partial charge >= 0.3 is 5.97 Å². The van der Waals surface area contributed by atoms with Gasteiger partial charge in [-0.1, -0.05) is 13.8 Å². The second kappa shape index (κ2) is 7.74. The Morgan fingerprint density at radius 2 is 1.84 bits per heavy atom. The highest BCUT2D eigenvalue weighted by molar-refractivity contribution is 7.17. The van der Waals surface area contributed by atoms with E-state index in [1.807, 2.05) is 0 Å². The van der Waals surface area contributed by atoms with Gasteiger partial charge in [0.1, 0.15) is 15.7 Å². The van der Waals surface area contributed by atoms with Crippen LogP contribution in [-0.4, -0.2) is 28.5 Å². The van der Waals surface area contributed by atoms with Gasteiger partial charge in [-0.05, 0) is 44.0 Å². The Labute approximate surface area is 149 Å². The molecule has 0 saturated heterocycles. The van der Waals surface area contributed by atoms with Crippen LogP contribution in [0.1, 0.15) is 42.1 Å². The van der Waals surface area contributed by atoms with Gasteiger partial charge in [-0.2, -0.15) is 0 Å². The maximum atomic E-state index is 13.0. The lowest BCUT2D eigenvalue weighted by Gasteiger charge is -2.26. The second-order valence-electron chi connectivity index (χ2n) is 5.92. The molecule has 1 aromatic heterocycles. The fraction of sp³-hybridized carbons (Fsp3) is 0.389. The number of benzene rings is 1. The Kier molecular flexibility index (Phi) is 5.89. The standard InChI is InChI=1S/C18H21FN2O3S/c1-4-18(5-2,17(23)24)10-20-15(22)14-11(3)21-16(25-14)12-6-8-13(19)9-7-12/h6-9H,4-5,10H2,1-3H3,(H,20,22)(H,23,24). The number of nitrogens with one attached hydrogen (secondary N) is 1. The van der Waals surface area contributed by atoms with E-state index >= 15 is 0 Å². The normalized spacial score (nSPS) is 11.4.